The number of amides is 1. The summed E-state index contributed by atoms with van der Waals surface area (Å²) in [5.74, 6) is 1.02. The molecule has 3 rings (SSSR count). The quantitative estimate of drug-likeness (QED) is 0.767. The van der Waals surface area contributed by atoms with Gasteiger partial charge in [0.1, 0.15) is 5.82 Å². The molecule has 1 aromatic carbocycles. The lowest BCUT2D eigenvalue weighted by Gasteiger charge is -2.26. The number of carbonyl (C=O) groups is 1. The van der Waals surface area contributed by atoms with E-state index in [0.717, 1.165) is 29.7 Å². The number of para-hydroxylation sites is 2. The Morgan fingerprint density at radius 2 is 2.18 bits per heavy atom. The highest BCUT2D eigenvalue weighted by Crippen LogP contribution is 2.17. The fourth-order valence-corrected chi connectivity index (χ4v) is 2.83. The van der Waals surface area contributed by atoms with Crippen LogP contribution >= 0.6 is 0 Å². The fraction of sp³-hybridized carbons (Fsp3) is 0.500. The van der Waals surface area contributed by atoms with E-state index in [0.29, 0.717) is 26.2 Å². The SMILES string of the molecule is NC(C(=O)NCCc1nc2ccccc2[nH]1)C1CCOCC1. The summed E-state index contributed by atoms with van der Waals surface area (Å²) in [5.41, 5.74) is 8.01. The van der Waals surface area contributed by atoms with E-state index in [2.05, 4.69) is 15.3 Å². The predicted molar refractivity (Wildman–Crippen MR) is 84.3 cm³/mol. The van der Waals surface area contributed by atoms with Crippen LogP contribution in [0.25, 0.3) is 11.0 Å². The van der Waals surface area contributed by atoms with Gasteiger partial charge in [0, 0.05) is 26.2 Å². The first-order valence-corrected chi connectivity index (χ1v) is 7.78. The summed E-state index contributed by atoms with van der Waals surface area (Å²) >= 11 is 0. The molecule has 22 heavy (non-hydrogen) atoms. The highest BCUT2D eigenvalue weighted by Gasteiger charge is 2.26. The lowest BCUT2D eigenvalue weighted by atomic mass is 9.92. The number of imidazole rings is 1. The summed E-state index contributed by atoms with van der Waals surface area (Å²) in [6.45, 7) is 1.94. The zero-order chi connectivity index (χ0) is 15.4. The number of nitrogens with two attached hydrogens (primary N) is 1. The van der Waals surface area contributed by atoms with Crippen molar-refractivity contribution in [2.24, 2.45) is 11.7 Å². The van der Waals surface area contributed by atoms with Gasteiger partial charge in [-0.15, -0.1) is 0 Å². The van der Waals surface area contributed by atoms with E-state index in [9.17, 15) is 4.79 Å². The standard InChI is InChI=1S/C16H22N4O2/c17-15(11-6-9-22-10-7-11)16(21)18-8-5-14-19-12-3-1-2-4-13(12)20-14/h1-4,11,15H,5-10,17H2,(H,18,21)(H,19,20). The highest BCUT2D eigenvalue weighted by atomic mass is 16.5. The Labute approximate surface area is 129 Å². The van der Waals surface area contributed by atoms with Gasteiger partial charge < -0.3 is 20.8 Å². The van der Waals surface area contributed by atoms with Crippen molar-refractivity contribution in [1.82, 2.24) is 15.3 Å². The average Bonchev–Trinajstić information content (AvgIpc) is 2.97. The molecule has 0 bridgehead atoms. The Morgan fingerprint density at radius 3 is 2.95 bits per heavy atom. The summed E-state index contributed by atoms with van der Waals surface area (Å²) < 4.78 is 5.30. The monoisotopic (exact) mass is 302 g/mol. The fourth-order valence-electron chi connectivity index (χ4n) is 2.83. The molecule has 0 aliphatic carbocycles. The Hall–Kier alpha value is -1.92. The van der Waals surface area contributed by atoms with Crippen LogP contribution in [-0.2, 0) is 16.0 Å². The topological polar surface area (TPSA) is 93.0 Å². The maximum absolute atomic E-state index is 12.1. The van der Waals surface area contributed by atoms with Crippen LogP contribution in [-0.4, -0.2) is 41.7 Å². The minimum Gasteiger partial charge on any atom is -0.381 e. The van der Waals surface area contributed by atoms with Crippen LogP contribution < -0.4 is 11.1 Å². The van der Waals surface area contributed by atoms with Crippen molar-refractivity contribution in [3.8, 4) is 0 Å². The van der Waals surface area contributed by atoms with Gasteiger partial charge in [-0.25, -0.2) is 4.98 Å². The Bertz CT molecular complexity index is 601. The third-order valence-corrected chi connectivity index (χ3v) is 4.18. The number of nitrogens with zero attached hydrogens (tertiary/aromatic N) is 1. The smallest absolute Gasteiger partial charge is 0.237 e. The zero-order valence-corrected chi connectivity index (χ0v) is 12.5. The number of carbonyl (C=O) groups excluding carboxylic acids is 1. The molecule has 1 saturated heterocycles. The Balaban J connectivity index is 1.48. The number of hydrogen-bond acceptors (Lipinski definition) is 4. The second kappa shape index (κ2) is 6.89. The molecule has 0 radical (unpaired) electrons. The molecule has 6 heteroatoms. The summed E-state index contributed by atoms with van der Waals surface area (Å²) in [4.78, 5) is 19.8. The van der Waals surface area contributed by atoms with Gasteiger partial charge in [-0.2, -0.15) is 0 Å². The molecule has 1 atom stereocenters. The minimum absolute atomic E-state index is 0.0805. The molecule has 1 fully saturated rings. The van der Waals surface area contributed by atoms with Crippen molar-refractivity contribution < 1.29 is 9.53 Å². The second-order valence-electron chi connectivity index (χ2n) is 5.72. The van der Waals surface area contributed by atoms with Crippen molar-refractivity contribution >= 4 is 16.9 Å². The van der Waals surface area contributed by atoms with E-state index in [4.69, 9.17) is 10.5 Å². The van der Waals surface area contributed by atoms with Crippen LogP contribution in [0.4, 0.5) is 0 Å². The first-order valence-electron chi connectivity index (χ1n) is 7.78. The van der Waals surface area contributed by atoms with Gasteiger partial charge in [-0.1, -0.05) is 12.1 Å². The van der Waals surface area contributed by atoms with Gasteiger partial charge in [-0.3, -0.25) is 4.79 Å². The molecule has 1 aliphatic rings. The number of aromatic amines is 1. The summed E-state index contributed by atoms with van der Waals surface area (Å²) in [6.07, 6.45) is 2.39. The number of benzene rings is 1. The predicted octanol–water partition coefficient (Wildman–Crippen LogP) is 0.975. The van der Waals surface area contributed by atoms with E-state index >= 15 is 0 Å². The first kappa shape index (κ1) is 15.0. The average molecular weight is 302 g/mol. The van der Waals surface area contributed by atoms with Crippen LogP contribution in [0.5, 0.6) is 0 Å². The maximum atomic E-state index is 12.1. The number of nitrogens with one attached hydrogen (secondary N) is 2. The molecular weight excluding hydrogens is 280 g/mol. The van der Waals surface area contributed by atoms with E-state index in [1.165, 1.54) is 0 Å². The van der Waals surface area contributed by atoms with Gasteiger partial charge in [-0.05, 0) is 30.9 Å². The van der Waals surface area contributed by atoms with E-state index in [1.807, 2.05) is 24.3 Å². The minimum atomic E-state index is -0.445. The van der Waals surface area contributed by atoms with Crippen LogP contribution in [0, 0.1) is 5.92 Å². The molecule has 0 spiro atoms. The molecule has 0 saturated carbocycles. The van der Waals surface area contributed by atoms with E-state index in [-0.39, 0.29) is 11.8 Å². The largest absolute Gasteiger partial charge is 0.381 e. The van der Waals surface area contributed by atoms with Crippen LogP contribution in [0.2, 0.25) is 0 Å². The summed E-state index contributed by atoms with van der Waals surface area (Å²) in [5, 5.41) is 2.91. The Morgan fingerprint density at radius 1 is 1.41 bits per heavy atom. The molecule has 2 heterocycles. The first-order chi connectivity index (χ1) is 10.7. The number of ether oxygens (including phenoxy) is 1. The molecule has 6 nitrogen and oxygen atoms in total. The zero-order valence-electron chi connectivity index (χ0n) is 12.5. The lowest BCUT2D eigenvalue weighted by Crippen LogP contribution is -2.47. The van der Waals surface area contributed by atoms with Gasteiger partial charge >= 0.3 is 0 Å². The van der Waals surface area contributed by atoms with Crippen molar-refractivity contribution in [1.29, 1.82) is 0 Å². The summed E-state index contributed by atoms with van der Waals surface area (Å²) in [7, 11) is 0. The number of fused-ring (bicyclic) bond motifs is 1. The molecular formula is C16H22N4O2. The van der Waals surface area contributed by atoms with Gasteiger partial charge in [0.15, 0.2) is 0 Å². The Kier molecular flexibility index (Phi) is 4.70. The normalized spacial score (nSPS) is 17.5. The maximum Gasteiger partial charge on any atom is 0.237 e. The molecule has 4 N–H and O–H groups in total. The number of aromatic nitrogens is 2. The van der Waals surface area contributed by atoms with Crippen molar-refractivity contribution in [3.05, 3.63) is 30.1 Å². The molecule has 118 valence electrons. The van der Waals surface area contributed by atoms with Crippen LogP contribution in [0.3, 0.4) is 0 Å². The molecule has 2 aromatic rings. The van der Waals surface area contributed by atoms with Crippen molar-refractivity contribution in [3.63, 3.8) is 0 Å². The second-order valence-corrected chi connectivity index (χ2v) is 5.72. The molecule has 1 unspecified atom stereocenters. The van der Waals surface area contributed by atoms with E-state index < -0.39 is 6.04 Å². The highest BCUT2D eigenvalue weighted by molar-refractivity contribution is 5.81. The van der Waals surface area contributed by atoms with Crippen LogP contribution in [0.1, 0.15) is 18.7 Å². The number of H-pyrrole nitrogens is 1. The van der Waals surface area contributed by atoms with Gasteiger partial charge in [0.05, 0.1) is 17.1 Å². The van der Waals surface area contributed by atoms with Gasteiger partial charge in [0.2, 0.25) is 5.91 Å². The van der Waals surface area contributed by atoms with Crippen molar-refractivity contribution in [2.75, 3.05) is 19.8 Å². The third kappa shape index (κ3) is 3.45. The van der Waals surface area contributed by atoms with E-state index in [1.54, 1.807) is 0 Å². The van der Waals surface area contributed by atoms with Crippen molar-refractivity contribution in [2.45, 2.75) is 25.3 Å². The lowest BCUT2D eigenvalue weighted by molar-refractivity contribution is -0.124. The number of hydrogen-bond donors (Lipinski definition) is 3. The molecule has 1 amide bonds. The van der Waals surface area contributed by atoms with Crippen LogP contribution in [0.15, 0.2) is 24.3 Å². The molecule has 1 aliphatic heterocycles. The third-order valence-electron chi connectivity index (χ3n) is 4.18. The molecule has 1 aromatic heterocycles. The number of rotatable bonds is 5. The van der Waals surface area contributed by atoms with Gasteiger partial charge in [0.25, 0.3) is 0 Å². The summed E-state index contributed by atoms with van der Waals surface area (Å²) in [6, 6.07) is 7.45.